The fourth-order valence-electron chi connectivity index (χ4n) is 5.16. The predicted molar refractivity (Wildman–Crippen MR) is 189 cm³/mol. The zero-order chi connectivity index (χ0) is 35.7. The van der Waals surface area contributed by atoms with Crippen LogP contribution >= 0.6 is 7.82 Å². The molecule has 48 heavy (non-hydrogen) atoms. The van der Waals surface area contributed by atoms with Crippen molar-refractivity contribution in [1.82, 2.24) is 0 Å². The van der Waals surface area contributed by atoms with E-state index in [0.717, 1.165) is 44.9 Å². The minimum absolute atomic E-state index is 0.164. The van der Waals surface area contributed by atoms with Crippen LogP contribution in [0.3, 0.4) is 0 Å². The first kappa shape index (κ1) is 46.2. The quantitative estimate of drug-likeness (QED) is 0.0246. The molecule has 0 saturated heterocycles. The Hall–Kier alpha value is -1.78. The van der Waals surface area contributed by atoms with Gasteiger partial charge in [-0.15, -0.1) is 6.58 Å². The van der Waals surface area contributed by atoms with Crippen molar-refractivity contribution in [3.8, 4) is 0 Å². The number of ether oxygens (including phenoxy) is 2. The molecule has 0 spiro atoms. The molecule has 12 heteroatoms. The van der Waals surface area contributed by atoms with E-state index >= 15 is 0 Å². The molecule has 0 amide bonds. The molecule has 0 rings (SSSR count). The van der Waals surface area contributed by atoms with Crippen LogP contribution in [0.2, 0.25) is 0 Å². The van der Waals surface area contributed by atoms with Gasteiger partial charge in [-0.05, 0) is 25.7 Å². The van der Waals surface area contributed by atoms with Crippen molar-refractivity contribution in [2.75, 3.05) is 19.8 Å². The molecular formula is C36H68NO10P. The van der Waals surface area contributed by atoms with Crippen LogP contribution in [0.15, 0.2) is 12.7 Å². The number of esters is 2. The molecule has 0 aromatic heterocycles. The Bertz CT molecular complexity index is 872. The molecular weight excluding hydrogens is 637 g/mol. The molecule has 0 heterocycles. The molecule has 0 radical (unpaired) electrons. The molecule has 0 aromatic carbocycles. The van der Waals surface area contributed by atoms with Gasteiger partial charge in [0.2, 0.25) is 0 Å². The van der Waals surface area contributed by atoms with E-state index in [2.05, 4.69) is 18.0 Å². The number of hydrogen-bond acceptors (Lipinski definition) is 9. The predicted octanol–water partition coefficient (Wildman–Crippen LogP) is 8.95. The largest absolute Gasteiger partial charge is 0.480 e. The van der Waals surface area contributed by atoms with Crippen molar-refractivity contribution in [2.45, 2.75) is 180 Å². The number of phosphoric acid groups is 1. The van der Waals surface area contributed by atoms with Crippen LogP contribution < -0.4 is 5.73 Å². The maximum absolute atomic E-state index is 12.5. The van der Waals surface area contributed by atoms with E-state index in [1.165, 1.54) is 89.9 Å². The molecule has 0 bridgehead atoms. The molecule has 11 nitrogen and oxygen atoms in total. The van der Waals surface area contributed by atoms with Crippen LogP contribution in [0, 0.1) is 0 Å². The lowest BCUT2D eigenvalue weighted by Crippen LogP contribution is -2.34. The van der Waals surface area contributed by atoms with Crippen molar-refractivity contribution < 1.29 is 47.5 Å². The van der Waals surface area contributed by atoms with Gasteiger partial charge in [0.15, 0.2) is 6.10 Å². The number of carboxylic acids is 1. The lowest BCUT2D eigenvalue weighted by atomic mass is 10.0. The van der Waals surface area contributed by atoms with Crippen LogP contribution in [-0.4, -0.2) is 59.9 Å². The van der Waals surface area contributed by atoms with Crippen LogP contribution in [0.1, 0.15) is 167 Å². The normalized spacial score (nSPS) is 13.8. The van der Waals surface area contributed by atoms with Gasteiger partial charge in [-0.3, -0.25) is 23.4 Å². The number of allylic oxidation sites excluding steroid dienone is 1. The second kappa shape index (κ2) is 32.4. The molecule has 4 N–H and O–H groups in total. The highest BCUT2D eigenvalue weighted by Gasteiger charge is 2.28. The molecule has 0 aliphatic carbocycles. The summed E-state index contributed by atoms with van der Waals surface area (Å²) >= 11 is 0. The van der Waals surface area contributed by atoms with Crippen molar-refractivity contribution in [3.63, 3.8) is 0 Å². The first-order chi connectivity index (χ1) is 23.1. The van der Waals surface area contributed by atoms with Crippen molar-refractivity contribution in [1.29, 1.82) is 0 Å². The van der Waals surface area contributed by atoms with Crippen molar-refractivity contribution >= 4 is 25.7 Å². The summed E-state index contributed by atoms with van der Waals surface area (Å²) in [5.41, 5.74) is 5.30. The Morgan fingerprint density at radius 1 is 0.667 bits per heavy atom. The Morgan fingerprint density at radius 2 is 1.08 bits per heavy atom. The summed E-state index contributed by atoms with van der Waals surface area (Å²) in [6.45, 7) is 4.28. The summed E-state index contributed by atoms with van der Waals surface area (Å²) in [4.78, 5) is 45.6. The number of carbonyl (C=O) groups excluding carboxylic acids is 2. The Morgan fingerprint density at radius 3 is 1.54 bits per heavy atom. The number of unbranched alkanes of at least 4 members (excludes halogenated alkanes) is 21. The zero-order valence-corrected chi connectivity index (χ0v) is 30.8. The van der Waals surface area contributed by atoms with E-state index in [1.54, 1.807) is 0 Å². The number of phosphoric ester groups is 1. The number of aliphatic carboxylic acids is 1. The van der Waals surface area contributed by atoms with Crippen LogP contribution in [0.4, 0.5) is 0 Å². The third-order valence-corrected chi connectivity index (χ3v) is 9.11. The van der Waals surface area contributed by atoms with Crippen LogP contribution in [0.25, 0.3) is 0 Å². The molecule has 0 aliphatic rings. The SMILES string of the molecule is C=CCCCCCCCCCCCCCCCC(=O)OC[C@@H](COP(=O)(O)OC[C@@H](N)C(=O)O)OC(=O)CCCCCCCCCCC. The second-order valence-corrected chi connectivity index (χ2v) is 14.3. The summed E-state index contributed by atoms with van der Waals surface area (Å²) in [5.74, 6) is -2.38. The molecule has 3 atom stereocenters. The second-order valence-electron chi connectivity index (χ2n) is 12.8. The summed E-state index contributed by atoms with van der Waals surface area (Å²) < 4.78 is 32.5. The van der Waals surface area contributed by atoms with Crippen molar-refractivity contribution in [3.05, 3.63) is 12.7 Å². The maximum Gasteiger partial charge on any atom is 0.472 e. The number of hydrogen-bond donors (Lipinski definition) is 3. The van der Waals surface area contributed by atoms with Gasteiger partial charge in [-0.1, -0.05) is 135 Å². The number of carboxylic acid groups (broad SMARTS) is 1. The van der Waals surface area contributed by atoms with Crippen LogP contribution in [-0.2, 0) is 37.5 Å². The molecule has 0 saturated carbocycles. The summed E-state index contributed by atoms with van der Waals surface area (Å²) in [7, 11) is -4.70. The van der Waals surface area contributed by atoms with Gasteiger partial charge in [0.25, 0.3) is 0 Å². The third kappa shape index (κ3) is 31.5. The number of nitrogens with two attached hydrogens (primary N) is 1. The molecule has 0 aliphatic heterocycles. The fourth-order valence-corrected chi connectivity index (χ4v) is 5.94. The average molecular weight is 706 g/mol. The topological polar surface area (TPSA) is 172 Å². The minimum atomic E-state index is -4.70. The Kier molecular flexibility index (Phi) is 31.2. The van der Waals surface area contributed by atoms with Gasteiger partial charge in [-0.25, -0.2) is 4.57 Å². The van der Waals surface area contributed by atoms with E-state index < -0.39 is 51.1 Å². The van der Waals surface area contributed by atoms with Gasteiger partial charge in [0.1, 0.15) is 12.6 Å². The lowest BCUT2D eigenvalue weighted by molar-refractivity contribution is -0.161. The monoisotopic (exact) mass is 705 g/mol. The van der Waals surface area contributed by atoms with Crippen molar-refractivity contribution in [2.24, 2.45) is 5.73 Å². The smallest absolute Gasteiger partial charge is 0.472 e. The van der Waals surface area contributed by atoms with Gasteiger partial charge in [0.05, 0.1) is 13.2 Å². The molecule has 0 fully saturated rings. The highest BCUT2D eigenvalue weighted by molar-refractivity contribution is 7.47. The third-order valence-electron chi connectivity index (χ3n) is 8.16. The first-order valence-electron chi connectivity index (χ1n) is 18.7. The van der Waals surface area contributed by atoms with Gasteiger partial charge < -0.3 is 25.2 Å². The van der Waals surface area contributed by atoms with E-state index in [-0.39, 0.29) is 19.4 Å². The zero-order valence-electron chi connectivity index (χ0n) is 29.9. The fraction of sp³-hybridized carbons (Fsp3) is 0.861. The Balaban J connectivity index is 4.36. The highest BCUT2D eigenvalue weighted by Crippen LogP contribution is 2.43. The maximum atomic E-state index is 12.5. The van der Waals surface area contributed by atoms with Gasteiger partial charge in [0, 0.05) is 12.8 Å². The molecule has 1 unspecified atom stereocenters. The van der Waals surface area contributed by atoms with Gasteiger partial charge >= 0.3 is 25.7 Å². The summed E-state index contributed by atoms with van der Waals surface area (Å²) in [5, 5.41) is 8.84. The van der Waals surface area contributed by atoms with Crippen LogP contribution in [0.5, 0.6) is 0 Å². The van der Waals surface area contributed by atoms with E-state index in [4.69, 9.17) is 24.8 Å². The van der Waals surface area contributed by atoms with E-state index in [1.807, 2.05) is 6.08 Å². The average Bonchev–Trinajstić information content (AvgIpc) is 3.05. The minimum Gasteiger partial charge on any atom is -0.480 e. The Labute approximate surface area is 290 Å². The van der Waals surface area contributed by atoms with Gasteiger partial charge in [-0.2, -0.15) is 0 Å². The standard InChI is InChI=1S/C36H68NO10P/c1-3-5-7-9-11-13-14-15-16-17-18-20-21-23-25-27-34(38)44-29-32(30-45-48(42,43)46-31-33(37)36(40)41)47-35(39)28-26-24-22-19-12-10-8-6-4-2/h3,32-33H,1,4-31,37H2,2H3,(H,40,41)(H,42,43)/t32-,33+/m0/s1. The highest BCUT2D eigenvalue weighted by atomic mass is 31.2. The van der Waals surface area contributed by atoms with E-state index in [0.29, 0.717) is 12.8 Å². The molecule has 0 aromatic rings. The first-order valence-corrected chi connectivity index (χ1v) is 20.2. The summed E-state index contributed by atoms with van der Waals surface area (Å²) in [6.07, 6.45) is 27.6. The lowest BCUT2D eigenvalue weighted by Gasteiger charge is -2.20. The van der Waals surface area contributed by atoms with E-state index in [9.17, 15) is 23.8 Å². The summed E-state index contributed by atoms with van der Waals surface area (Å²) in [6, 6.07) is -1.52. The molecule has 282 valence electrons. The number of carbonyl (C=O) groups is 3. The number of rotatable bonds is 36.